The molecule has 0 amide bonds. The average molecular weight is 368 g/mol. The number of alkyl halides is 2. The van der Waals surface area contributed by atoms with Crippen molar-refractivity contribution in [1.29, 1.82) is 0 Å². The second kappa shape index (κ2) is 6.38. The zero-order valence-electron chi connectivity index (χ0n) is 14.2. The van der Waals surface area contributed by atoms with Crippen LogP contribution in [0.5, 0.6) is 0 Å². The molecule has 2 atom stereocenters. The summed E-state index contributed by atoms with van der Waals surface area (Å²) in [5.74, 6) is -2.84. The fourth-order valence-electron chi connectivity index (χ4n) is 4.35. The minimum absolute atomic E-state index is 0.198. The third-order valence-electron chi connectivity index (χ3n) is 5.82. The van der Waals surface area contributed by atoms with Crippen LogP contribution in [0.4, 0.5) is 8.78 Å². The molecule has 2 fully saturated rings. The summed E-state index contributed by atoms with van der Waals surface area (Å²) in [6.07, 6.45) is 2.32. The lowest BCUT2D eigenvalue weighted by atomic mass is 9.92. The minimum atomic E-state index is -2.64. The lowest BCUT2D eigenvalue weighted by molar-refractivity contribution is -0.0866. The van der Waals surface area contributed by atoms with Gasteiger partial charge in [0.05, 0.1) is 12.2 Å². The second-order valence-electron chi connectivity index (χ2n) is 7.48. The van der Waals surface area contributed by atoms with Crippen molar-refractivity contribution in [3.05, 3.63) is 22.4 Å². The van der Waals surface area contributed by atoms with Gasteiger partial charge in [0.15, 0.2) is 11.9 Å². The number of nitrogens with zero attached hydrogens (tertiary/aromatic N) is 3. The van der Waals surface area contributed by atoms with Crippen LogP contribution in [0.15, 0.2) is 11.0 Å². The first kappa shape index (κ1) is 17.5. The molecular formula is C17H22F2N4O3. The number of fused-ring (bicyclic) bond motifs is 1. The molecular weight excluding hydrogens is 346 g/mol. The Morgan fingerprint density at radius 1 is 1.23 bits per heavy atom. The molecule has 0 spiro atoms. The SMILES string of the molecule is O=c1[nH]c([C@H]2CCC[C@@H]2C(O)O)nc2c1cnn2C1CCC(F)(F)CC1. The van der Waals surface area contributed by atoms with E-state index >= 15 is 0 Å². The molecule has 0 unspecified atom stereocenters. The van der Waals surface area contributed by atoms with Crippen LogP contribution in [0.1, 0.15) is 62.7 Å². The molecule has 2 aliphatic rings. The maximum atomic E-state index is 13.4. The standard InChI is InChI=1S/C17H22F2N4O3/c18-17(19)6-4-9(5-7-17)23-14-12(8-20-23)15(24)22-13(21-14)10-2-1-3-11(10)16(25)26/h8-11,16,25-26H,1-7H2,(H,21,22,24)/t10-,11-/m0/s1. The van der Waals surface area contributed by atoms with E-state index in [0.717, 1.165) is 6.42 Å². The molecule has 0 bridgehead atoms. The van der Waals surface area contributed by atoms with Gasteiger partial charge in [0.25, 0.3) is 5.56 Å². The Morgan fingerprint density at radius 2 is 1.96 bits per heavy atom. The van der Waals surface area contributed by atoms with E-state index in [1.54, 1.807) is 4.68 Å². The molecule has 2 heterocycles. The van der Waals surface area contributed by atoms with Crippen LogP contribution < -0.4 is 5.56 Å². The first-order chi connectivity index (χ1) is 12.4. The van der Waals surface area contributed by atoms with Crippen molar-refractivity contribution in [1.82, 2.24) is 19.7 Å². The average Bonchev–Trinajstić information content (AvgIpc) is 3.21. The molecule has 4 rings (SSSR count). The van der Waals surface area contributed by atoms with Gasteiger partial charge in [-0.15, -0.1) is 0 Å². The van der Waals surface area contributed by atoms with Gasteiger partial charge in [-0.05, 0) is 25.7 Å². The third-order valence-corrected chi connectivity index (χ3v) is 5.82. The zero-order chi connectivity index (χ0) is 18.5. The van der Waals surface area contributed by atoms with E-state index in [4.69, 9.17) is 0 Å². The molecule has 2 aromatic rings. The Hall–Kier alpha value is -1.87. The fourth-order valence-corrected chi connectivity index (χ4v) is 4.35. The number of aromatic amines is 1. The number of aliphatic hydroxyl groups excluding tert-OH is 1. The van der Waals surface area contributed by atoms with Crippen LogP contribution in [0.2, 0.25) is 0 Å². The number of aromatic nitrogens is 4. The molecule has 2 aliphatic carbocycles. The van der Waals surface area contributed by atoms with Crippen LogP contribution in [-0.4, -0.2) is 42.2 Å². The van der Waals surface area contributed by atoms with Gasteiger partial charge < -0.3 is 15.2 Å². The van der Waals surface area contributed by atoms with E-state index in [2.05, 4.69) is 15.1 Å². The molecule has 0 radical (unpaired) electrons. The van der Waals surface area contributed by atoms with Crippen molar-refractivity contribution >= 4 is 11.0 Å². The number of hydrogen-bond donors (Lipinski definition) is 3. The van der Waals surface area contributed by atoms with Crippen LogP contribution in [0.3, 0.4) is 0 Å². The molecule has 26 heavy (non-hydrogen) atoms. The number of halogens is 2. The van der Waals surface area contributed by atoms with Crippen molar-refractivity contribution in [2.45, 2.75) is 69.1 Å². The molecule has 0 aromatic carbocycles. The van der Waals surface area contributed by atoms with E-state index in [9.17, 15) is 23.8 Å². The first-order valence-corrected chi connectivity index (χ1v) is 9.07. The van der Waals surface area contributed by atoms with E-state index in [-0.39, 0.29) is 49.1 Å². The molecule has 3 N–H and O–H groups in total. The molecule has 142 valence electrons. The quantitative estimate of drug-likeness (QED) is 0.720. The highest BCUT2D eigenvalue weighted by atomic mass is 19.3. The largest absolute Gasteiger partial charge is 0.368 e. The van der Waals surface area contributed by atoms with Gasteiger partial charge in [-0.1, -0.05) is 6.42 Å². The Labute approximate surface area is 148 Å². The zero-order valence-corrected chi connectivity index (χ0v) is 14.2. The lowest BCUT2D eigenvalue weighted by Gasteiger charge is -2.28. The van der Waals surface area contributed by atoms with E-state index < -0.39 is 12.2 Å². The summed E-state index contributed by atoms with van der Waals surface area (Å²) in [5, 5.41) is 23.7. The van der Waals surface area contributed by atoms with Gasteiger partial charge in [0.1, 0.15) is 11.2 Å². The Bertz CT molecular complexity index is 853. The van der Waals surface area contributed by atoms with Crippen molar-refractivity contribution in [2.24, 2.45) is 5.92 Å². The normalized spacial score (nSPS) is 26.8. The summed E-state index contributed by atoms with van der Waals surface area (Å²) >= 11 is 0. The fraction of sp³-hybridized carbons (Fsp3) is 0.706. The molecule has 9 heteroatoms. The Kier molecular flexibility index (Phi) is 4.31. The summed E-state index contributed by atoms with van der Waals surface area (Å²) in [6.45, 7) is 0. The van der Waals surface area contributed by atoms with Crippen LogP contribution in [-0.2, 0) is 0 Å². The van der Waals surface area contributed by atoms with E-state index in [1.807, 2.05) is 0 Å². The lowest BCUT2D eigenvalue weighted by Crippen LogP contribution is -2.28. The number of H-pyrrole nitrogens is 1. The smallest absolute Gasteiger partial charge is 0.262 e. The third kappa shape index (κ3) is 3.03. The maximum Gasteiger partial charge on any atom is 0.262 e. The van der Waals surface area contributed by atoms with Gasteiger partial charge in [-0.25, -0.2) is 18.4 Å². The monoisotopic (exact) mass is 368 g/mol. The molecule has 0 saturated heterocycles. The number of nitrogens with one attached hydrogen (secondary N) is 1. The summed E-state index contributed by atoms with van der Waals surface area (Å²) < 4.78 is 28.5. The predicted octanol–water partition coefficient (Wildman–Crippen LogP) is 2.06. The Morgan fingerprint density at radius 3 is 2.65 bits per heavy atom. The van der Waals surface area contributed by atoms with Crippen LogP contribution >= 0.6 is 0 Å². The number of aliphatic hydroxyl groups is 2. The summed E-state index contributed by atoms with van der Waals surface area (Å²) in [4.78, 5) is 19.7. The summed E-state index contributed by atoms with van der Waals surface area (Å²) in [6, 6.07) is -0.211. The highest BCUT2D eigenvalue weighted by Crippen LogP contribution is 2.41. The molecule has 7 nitrogen and oxygen atoms in total. The van der Waals surface area contributed by atoms with Crippen molar-refractivity contribution in [2.75, 3.05) is 0 Å². The molecule has 2 saturated carbocycles. The van der Waals surface area contributed by atoms with Crippen molar-refractivity contribution < 1.29 is 19.0 Å². The van der Waals surface area contributed by atoms with Crippen molar-refractivity contribution in [3.63, 3.8) is 0 Å². The van der Waals surface area contributed by atoms with E-state index in [1.165, 1.54) is 6.20 Å². The summed E-state index contributed by atoms with van der Waals surface area (Å²) in [5.41, 5.74) is 0.0486. The van der Waals surface area contributed by atoms with Gasteiger partial charge >= 0.3 is 0 Å². The topological polar surface area (TPSA) is 104 Å². The Balaban J connectivity index is 1.71. The summed E-state index contributed by atoms with van der Waals surface area (Å²) in [7, 11) is 0. The van der Waals surface area contributed by atoms with Gasteiger partial charge in [0.2, 0.25) is 5.92 Å². The highest BCUT2D eigenvalue weighted by Gasteiger charge is 2.37. The van der Waals surface area contributed by atoms with Crippen LogP contribution in [0, 0.1) is 5.92 Å². The van der Waals surface area contributed by atoms with Gasteiger partial charge in [-0.2, -0.15) is 5.10 Å². The number of hydrogen-bond acceptors (Lipinski definition) is 5. The molecule has 0 aliphatic heterocycles. The minimum Gasteiger partial charge on any atom is -0.368 e. The van der Waals surface area contributed by atoms with Gasteiger partial charge in [-0.3, -0.25) is 4.79 Å². The predicted molar refractivity (Wildman–Crippen MR) is 88.9 cm³/mol. The van der Waals surface area contributed by atoms with Crippen molar-refractivity contribution in [3.8, 4) is 0 Å². The van der Waals surface area contributed by atoms with Crippen LogP contribution in [0.25, 0.3) is 11.0 Å². The second-order valence-corrected chi connectivity index (χ2v) is 7.48. The van der Waals surface area contributed by atoms with E-state index in [0.29, 0.717) is 29.7 Å². The number of rotatable bonds is 3. The molecule has 2 aromatic heterocycles. The first-order valence-electron chi connectivity index (χ1n) is 9.07. The maximum absolute atomic E-state index is 13.4. The highest BCUT2D eigenvalue weighted by molar-refractivity contribution is 5.73. The van der Waals surface area contributed by atoms with Gasteiger partial charge in [0, 0.05) is 24.7 Å².